The van der Waals surface area contributed by atoms with Crippen LogP contribution in [0.5, 0.6) is 0 Å². The Hall–Kier alpha value is -3.33. The molecular weight excluding hydrogens is 403 g/mol. The van der Waals surface area contributed by atoms with Gasteiger partial charge in [0.25, 0.3) is 0 Å². The summed E-state index contributed by atoms with van der Waals surface area (Å²) < 4.78 is 17.7. The van der Waals surface area contributed by atoms with Crippen molar-refractivity contribution in [3.05, 3.63) is 132 Å². The minimum absolute atomic E-state index is 0.345. The number of anilines is 2. The van der Waals surface area contributed by atoms with Crippen LogP contribution in [-0.2, 0) is 4.57 Å². The molecular formula is C26H23N2O2P. The van der Waals surface area contributed by atoms with E-state index in [4.69, 9.17) is 0 Å². The fourth-order valence-corrected chi connectivity index (χ4v) is 6.67. The molecule has 0 unspecified atom stereocenters. The molecule has 0 amide bonds. The van der Waals surface area contributed by atoms with E-state index in [2.05, 4.69) is 0 Å². The third-order valence-corrected chi connectivity index (χ3v) is 7.79. The molecule has 5 heteroatoms. The van der Waals surface area contributed by atoms with Gasteiger partial charge in [-0.2, -0.15) is 0 Å². The molecule has 1 aliphatic heterocycles. The van der Waals surface area contributed by atoms with E-state index in [1.54, 1.807) is 9.34 Å². The van der Waals surface area contributed by atoms with Gasteiger partial charge in [0, 0.05) is 11.4 Å². The van der Waals surface area contributed by atoms with E-state index in [0.29, 0.717) is 0 Å². The Morgan fingerprint density at radius 1 is 0.516 bits per heavy atom. The van der Waals surface area contributed by atoms with Gasteiger partial charge in [-0.15, -0.1) is 0 Å². The van der Waals surface area contributed by atoms with Crippen LogP contribution in [-0.4, -0.2) is 4.89 Å². The van der Waals surface area contributed by atoms with Gasteiger partial charge in [-0.3, -0.25) is 9.34 Å². The molecule has 5 rings (SSSR count). The van der Waals surface area contributed by atoms with Crippen LogP contribution in [0, 0.1) is 0 Å². The lowest BCUT2D eigenvalue weighted by molar-refractivity contribution is 0.476. The molecule has 0 bridgehead atoms. The molecule has 4 aromatic rings. The van der Waals surface area contributed by atoms with E-state index >= 15 is 0 Å². The summed E-state index contributed by atoms with van der Waals surface area (Å²) >= 11 is 0. The Labute approximate surface area is 182 Å². The van der Waals surface area contributed by atoms with Crippen molar-refractivity contribution in [1.29, 1.82) is 0 Å². The van der Waals surface area contributed by atoms with Crippen LogP contribution in [0.3, 0.4) is 0 Å². The number of nitrogens with zero attached hydrogens (tertiary/aromatic N) is 2. The Morgan fingerprint density at radius 3 is 1.13 bits per heavy atom. The molecule has 0 aliphatic carbocycles. The molecule has 0 spiro atoms. The zero-order valence-corrected chi connectivity index (χ0v) is 17.8. The maximum atomic E-state index is 14.3. The Morgan fingerprint density at radius 2 is 0.806 bits per heavy atom. The van der Waals surface area contributed by atoms with Gasteiger partial charge in [0.1, 0.15) is 0 Å². The Kier molecular flexibility index (Phi) is 5.11. The molecule has 0 aromatic heterocycles. The molecule has 4 aromatic carbocycles. The van der Waals surface area contributed by atoms with Crippen LogP contribution in [0.15, 0.2) is 121 Å². The Balaban J connectivity index is 1.79. The van der Waals surface area contributed by atoms with Gasteiger partial charge in [-0.05, 0) is 35.4 Å². The summed E-state index contributed by atoms with van der Waals surface area (Å²) in [6.07, 6.45) is 0. The van der Waals surface area contributed by atoms with Gasteiger partial charge in [-0.25, -0.2) is 4.57 Å². The summed E-state index contributed by atoms with van der Waals surface area (Å²) in [5.74, 6) is 0. The normalized spacial score (nSPS) is 20.0. The maximum Gasteiger partial charge on any atom is 0.395 e. The first-order valence-corrected chi connectivity index (χ1v) is 11.9. The maximum absolute atomic E-state index is 14.3. The van der Waals surface area contributed by atoms with E-state index in [-0.39, 0.29) is 12.1 Å². The second-order valence-electron chi connectivity index (χ2n) is 7.58. The number of rotatable bonds is 4. The van der Waals surface area contributed by atoms with Crippen LogP contribution >= 0.6 is 7.67 Å². The molecule has 1 heterocycles. The van der Waals surface area contributed by atoms with Crippen molar-refractivity contribution in [3.63, 3.8) is 0 Å². The van der Waals surface area contributed by atoms with E-state index in [1.807, 2.05) is 121 Å². The smallest absolute Gasteiger partial charge is 0.313 e. The van der Waals surface area contributed by atoms with Crippen molar-refractivity contribution in [3.8, 4) is 0 Å². The molecule has 0 radical (unpaired) electrons. The summed E-state index contributed by atoms with van der Waals surface area (Å²) in [5, 5.41) is 0. The summed E-state index contributed by atoms with van der Waals surface area (Å²) in [7, 11) is -3.98. The summed E-state index contributed by atoms with van der Waals surface area (Å²) in [4.78, 5) is 11.7. The number of hydrogen-bond acceptors (Lipinski definition) is 1. The molecule has 2 atom stereocenters. The van der Waals surface area contributed by atoms with E-state index in [0.717, 1.165) is 22.5 Å². The topological polar surface area (TPSA) is 43.8 Å². The molecule has 4 nitrogen and oxygen atoms in total. The lowest BCUT2D eigenvalue weighted by Crippen LogP contribution is -2.23. The second-order valence-corrected chi connectivity index (χ2v) is 9.47. The lowest BCUT2D eigenvalue weighted by atomic mass is 9.92. The van der Waals surface area contributed by atoms with Crippen molar-refractivity contribution in [2.24, 2.45) is 0 Å². The fraction of sp³-hybridized carbons (Fsp3) is 0.0769. The van der Waals surface area contributed by atoms with E-state index in [1.165, 1.54) is 0 Å². The predicted octanol–water partition coefficient (Wildman–Crippen LogP) is 6.60. The highest BCUT2D eigenvalue weighted by molar-refractivity contribution is 7.62. The summed E-state index contributed by atoms with van der Waals surface area (Å²) in [6, 6.07) is 38.3. The van der Waals surface area contributed by atoms with Gasteiger partial charge >= 0.3 is 7.67 Å². The van der Waals surface area contributed by atoms with E-state index < -0.39 is 7.67 Å². The van der Waals surface area contributed by atoms with Crippen LogP contribution in [0.2, 0.25) is 0 Å². The van der Waals surface area contributed by atoms with Gasteiger partial charge in [-0.1, -0.05) is 97.1 Å². The molecule has 31 heavy (non-hydrogen) atoms. The minimum atomic E-state index is -3.98. The molecule has 0 saturated carbocycles. The highest BCUT2D eigenvalue weighted by Crippen LogP contribution is 2.69. The molecule has 154 valence electrons. The van der Waals surface area contributed by atoms with Crippen molar-refractivity contribution in [1.82, 2.24) is 0 Å². The van der Waals surface area contributed by atoms with Gasteiger partial charge in [0.2, 0.25) is 0 Å². The van der Waals surface area contributed by atoms with Crippen molar-refractivity contribution in [2.75, 3.05) is 9.34 Å². The van der Waals surface area contributed by atoms with Crippen molar-refractivity contribution < 1.29 is 9.46 Å². The summed E-state index contributed by atoms with van der Waals surface area (Å²) in [6.45, 7) is 0. The monoisotopic (exact) mass is 426 g/mol. The largest absolute Gasteiger partial charge is 0.395 e. The molecule has 1 N–H and O–H groups in total. The Bertz CT molecular complexity index is 1090. The first-order chi connectivity index (χ1) is 15.2. The van der Waals surface area contributed by atoms with Crippen LogP contribution in [0.4, 0.5) is 11.4 Å². The first-order valence-electron chi connectivity index (χ1n) is 10.3. The van der Waals surface area contributed by atoms with Gasteiger partial charge in [0.15, 0.2) is 0 Å². The van der Waals surface area contributed by atoms with Gasteiger partial charge < -0.3 is 4.89 Å². The standard InChI is InChI=1S/C26H23N2O2P/c29-31(30)27(23-17-9-3-10-18-23)25(21-13-5-1-6-14-21)26(22-15-7-2-8-16-22)28(31)24-19-11-4-12-20-24/h1-20,25-26H,(H,29,30)/t25-,26-/m1/s1. The zero-order chi connectivity index (χ0) is 21.3. The second kappa shape index (κ2) is 8.07. The van der Waals surface area contributed by atoms with Crippen molar-refractivity contribution >= 4 is 19.0 Å². The summed E-state index contributed by atoms with van der Waals surface area (Å²) in [5.41, 5.74) is 3.43. The predicted molar refractivity (Wildman–Crippen MR) is 126 cm³/mol. The highest BCUT2D eigenvalue weighted by atomic mass is 31.2. The molecule has 1 fully saturated rings. The first kappa shape index (κ1) is 19.6. The number of para-hydroxylation sites is 2. The third kappa shape index (κ3) is 3.44. The third-order valence-electron chi connectivity index (χ3n) is 5.71. The van der Waals surface area contributed by atoms with Crippen LogP contribution in [0.1, 0.15) is 23.2 Å². The van der Waals surface area contributed by atoms with E-state index in [9.17, 15) is 9.46 Å². The average molecular weight is 426 g/mol. The van der Waals surface area contributed by atoms with Crippen molar-refractivity contribution in [2.45, 2.75) is 12.1 Å². The number of hydrogen-bond donors (Lipinski definition) is 1. The fourth-order valence-electron chi connectivity index (χ4n) is 4.43. The average Bonchev–Trinajstić information content (AvgIpc) is 3.08. The van der Waals surface area contributed by atoms with Gasteiger partial charge in [0.05, 0.1) is 12.1 Å². The lowest BCUT2D eigenvalue weighted by Gasteiger charge is -2.29. The van der Waals surface area contributed by atoms with Crippen LogP contribution in [0.25, 0.3) is 0 Å². The number of benzene rings is 4. The minimum Gasteiger partial charge on any atom is -0.313 e. The zero-order valence-electron chi connectivity index (χ0n) is 16.9. The quantitative estimate of drug-likeness (QED) is 0.374. The molecule has 1 saturated heterocycles. The SMILES string of the molecule is O=P1(O)N(c2ccccc2)[C@H](c2ccccc2)[C@@H](c2ccccc2)N1c1ccccc1. The van der Waals surface area contributed by atoms with Crippen LogP contribution < -0.4 is 9.34 Å². The highest BCUT2D eigenvalue weighted by Gasteiger charge is 2.55. The molecule has 1 aliphatic rings.